The first-order valence-corrected chi connectivity index (χ1v) is 8.63. The summed E-state index contributed by atoms with van der Waals surface area (Å²) in [5.41, 5.74) is 4.59. The van der Waals surface area contributed by atoms with Gasteiger partial charge in [0.05, 0.1) is 5.56 Å². The van der Waals surface area contributed by atoms with Gasteiger partial charge < -0.3 is 9.32 Å². The molecule has 1 aromatic heterocycles. The molecule has 126 valence electrons. The summed E-state index contributed by atoms with van der Waals surface area (Å²) in [6, 6.07) is 14.3. The van der Waals surface area contributed by atoms with E-state index in [1.54, 1.807) is 0 Å². The van der Waals surface area contributed by atoms with E-state index in [0.717, 1.165) is 39.5 Å². The molecule has 3 heteroatoms. The van der Waals surface area contributed by atoms with Crippen molar-refractivity contribution in [3.8, 4) is 11.1 Å². The maximum atomic E-state index is 6.24. The molecule has 0 N–H and O–H groups in total. The minimum atomic E-state index is 0.181. The Hall–Kier alpha value is -1.93. The normalized spacial score (nSPS) is 11.9. The predicted octanol–water partition coefficient (Wildman–Crippen LogP) is 6.54. The largest absolute Gasteiger partial charge is 0.440 e. The highest BCUT2D eigenvalue weighted by molar-refractivity contribution is 6.30. The highest BCUT2D eigenvalue weighted by Gasteiger charge is 2.22. The van der Waals surface area contributed by atoms with E-state index in [9.17, 15) is 0 Å². The average molecular weight is 342 g/mol. The molecular weight excluding hydrogens is 318 g/mol. The summed E-state index contributed by atoms with van der Waals surface area (Å²) in [6.07, 6.45) is 0. The van der Waals surface area contributed by atoms with Gasteiger partial charge in [0.2, 0.25) is 5.88 Å². The standard InChI is InChI=1S/C21H24ClNO/c1-14-6-11-18-17(12-14)19(15-7-9-16(22)10-8-15)20(24-18)23(5)13-21(2,3)4/h6-12H,13H2,1-5H3. The minimum Gasteiger partial charge on any atom is -0.440 e. The molecule has 0 unspecified atom stereocenters. The van der Waals surface area contributed by atoms with E-state index >= 15 is 0 Å². The summed E-state index contributed by atoms with van der Waals surface area (Å²) in [4.78, 5) is 2.21. The van der Waals surface area contributed by atoms with E-state index in [0.29, 0.717) is 0 Å². The molecule has 0 atom stereocenters. The first-order valence-electron chi connectivity index (χ1n) is 8.25. The second-order valence-corrected chi connectivity index (χ2v) is 8.14. The third-order valence-corrected chi connectivity index (χ3v) is 4.27. The molecule has 0 saturated heterocycles. The van der Waals surface area contributed by atoms with E-state index in [1.807, 2.05) is 12.1 Å². The van der Waals surface area contributed by atoms with E-state index in [2.05, 4.69) is 70.0 Å². The summed E-state index contributed by atoms with van der Waals surface area (Å²) in [7, 11) is 2.09. The van der Waals surface area contributed by atoms with Crippen LogP contribution in [-0.4, -0.2) is 13.6 Å². The molecule has 0 spiro atoms. The molecule has 0 saturated carbocycles. The Labute approximate surface area is 149 Å². The van der Waals surface area contributed by atoms with Gasteiger partial charge in [0, 0.05) is 24.0 Å². The molecule has 0 aliphatic carbocycles. The van der Waals surface area contributed by atoms with Gasteiger partial charge in [-0.25, -0.2) is 0 Å². The number of benzene rings is 2. The van der Waals surface area contributed by atoms with Gasteiger partial charge in [-0.2, -0.15) is 0 Å². The Morgan fingerprint density at radius 1 is 1.04 bits per heavy atom. The smallest absolute Gasteiger partial charge is 0.204 e. The Bertz CT molecular complexity index is 856. The zero-order chi connectivity index (χ0) is 17.5. The van der Waals surface area contributed by atoms with Crippen molar-refractivity contribution in [2.24, 2.45) is 5.41 Å². The molecule has 0 amide bonds. The molecule has 3 rings (SSSR count). The fraction of sp³-hybridized carbons (Fsp3) is 0.333. The van der Waals surface area contributed by atoms with Crippen LogP contribution < -0.4 is 4.90 Å². The van der Waals surface area contributed by atoms with Crippen molar-refractivity contribution in [3.05, 3.63) is 53.1 Å². The highest BCUT2D eigenvalue weighted by Crippen LogP contribution is 2.41. The molecular formula is C21H24ClNO. The fourth-order valence-corrected chi connectivity index (χ4v) is 3.27. The van der Waals surface area contributed by atoms with Crippen molar-refractivity contribution < 1.29 is 4.42 Å². The van der Waals surface area contributed by atoms with Gasteiger partial charge in [-0.15, -0.1) is 0 Å². The van der Waals surface area contributed by atoms with Gasteiger partial charge in [-0.05, 0) is 42.2 Å². The lowest BCUT2D eigenvalue weighted by Gasteiger charge is -2.27. The summed E-state index contributed by atoms with van der Waals surface area (Å²) in [5, 5.41) is 1.89. The molecule has 0 radical (unpaired) electrons. The van der Waals surface area contributed by atoms with Gasteiger partial charge in [-0.1, -0.05) is 56.1 Å². The summed E-state index contributed by atoms with van der Waals surface area (Å²) in [6.45, 7) is 9.72. The third kappa shape index (κ3) is 3.44. The number of hydrogen-bond donors (Lipinski definition) is 0. The molecule has 2 aromatic carbocycles. The Morgan fingerprint density at radius 2 is 1.71 bits per heavy atom. The van der Waals surface area contributed by atoms with Crippen LogP contribution in [0.5, 0.6) is 0 Å². The number of anilines is 1. The van der Waals surface area contributed by atoms with Gasteiger partial charge in [-0.3, -0.25) is 0 Å². The number of fused-ring (bicyclic) bond motifs is 1. The average Bonchev–Trinajstić information content (AvgIpc) is 2.85. The van der Waals surface area contributed by atoms with Crippen LogP contribution in [0.4, 0.5) is 5.88 Å². The molecule has 2 nitrogen and oxygen atoms in total. The van der Waals surface area contributed by atoms with Crippen LogP contribution >= 0.6 is 11.6 Å². The number of aryl methyl sites for hydroxylation is 1. The van der Waals surface area contributed by atoms with E-state index < -0.39 is 0 Å². The topological polar surface area (TPSA) is 16.4 Å². The summed E-state index contributed by atoms with van der Waals surface area (Å²) in [5.74, 6) is 0.910. The van der Waals surface area contributed by atoms with Crippen LogP contribution in [-0.2, 0) is 0 Å². The van der Waals surface area contributed by atoms with Crippen LogP contribution in [0, 0.1) is 12.3 Å². The predicted molar refractivity (Wildman–Crippen MR) is 104 cm³/mol. The van der Waals surface area contributed by atoms with Crippen molar-refractivity contribution >= 4 is 28.5 Å². The fourth-order valence-electron chi connectivity index (χ4n) is 3.15. The lowest BCUT2D eigenvalue weighted by Crippen LogP contribution is -2.29. The lowest BCUT2D eigenvalue weighted by molar-refractivity contribution is 0.409. The van der Waals surface area contributed by atoms with E-state index in [1.165, 1.54) is 5.56 Å². The zero-order valence-corrected chi connectivity index (χ0v) is 15.7. The summed E-state index contributed by atoms with van der Waals surface area (Å²) < 4.78 is 6.24. The van der Waals surface area contributed by atoms with Gasteiger partial charge >= 0.3 is 0 Å². The molecule has 0 fully saturated rings. The number of nitrogens with zero attached hydrogens (tertiary/aromatic N) is 1. The third-order valence-electron chi connectivity index (χ3n) is 4.02. The highest BCUT2D eigenvalue weighted by atomic mass is 35.5. The Kier molecular flexibility index (Phi) is 4.35. The first-order chi connectivity index (χ1) is 11.2. The first kappa shape index (κ1) is 16.9. The molecule has 0 aliphatic heterocycles. The number of rotatable bonds is 3. The molecule has 0 bridgehead atoms. The second-order valence-electron chi connectivity index (χ2n) is 7.71. The zero-order valence-electron chi connectivity index (χ0n) is 15.0. The van der Waals surface area contributed by atoms with Crippen molar-refractivity contribution in [2.45, 2.75) is 27.7 Å². The van der Waals surface area contributed by atoms with Gasteiger partial charge in [0.25, 0.3) is 0 Å². The molecule has 0 aliphatic rings. The molecule has 1 heterocycles. The lowest BCUT2D eigenvalue weighted by atomic mass is 9.96. The Balaban J connectivity index is 2.21. The monoisotopic (exact) mass is 341 g/mol. The van der Waals surface area contributed by atoms with E-state index in [4.69, 9.17) is 16.0 Å². The SMILES string of the molecule is Cc1ccc2oc(N(C)CC(C)(C)C)c(-c3ccc(Cl)cc3)c2c1. The minimum absolute atomic E-state index is 0.181. The molecule has 24 heavy (non-hydrogen) atoms. The van der Waals surface area contributed by atoms with Crippen LogP contribution in [0.1, 0.15) is 26.3 Å². The van der Waals surface area contributed by atoms with Crippen LogP contribution in [0.25, 0.3) is 22.1 Å². The maximum absolute atomic E-state index is 6.24. The quantitative estimate of drug-likeness (QED) is 0.537. The Morgan fingerprint density at radius 3 is 2.33 bits per heavy atom. The van der Waals surface area contributed by atoms with Crippen LogP contribution in [0.3, 0.4) is 0 Å². The van der Waals surface area contributed by atoms with Gasteiger partial charge in [0.15, 0.2) is 0 Å². The molecule has 3 aromatic rings. The van der Waals surface area contributed by atoms with Crippen molar-refractivity contribution in [1.29, 1.82) is 0 Å². The van der Waals surface area contributed by atoms with Crippen molar-refractivity contribution in [2.75, 3.05) is 18.5 Å². The van der Waals surface area contributed by atoms with Gasteiger partial charge in [0.1, 0.15) is 5.58 Å². The maximum Gasteiger partial charge on any atom is 0.204 e. The summed E-state index contributed by atoms with van der Waals surface area (Å²) >= 11 is 6.07. The van der Waals surface area contributed by atoms with Crippen LogP contribution in [0.2, 0.25) is 5.02 Å². The van der Waals surface area contributed by atoms with Crippen molar-refractivity contribution in [3.63, 3.8) is 0 Å². The second kappa shape index (κ2) is 6.18. The number of hydrogen-bond acceptors (Lipinski definition) is 2. The number of halogens is 1. The van der Waals surface area contributed by atoms with Crippen LogP contribution in [0.15, 0.2) is 46.9 Å². The van der Waals surface area contributed by atoms with Crippen molar-refractivity contribution in [1.82, 2.24) is 0 Å². The number of furan rings is 1. The van der Waals surface area contributed by atoms with E-state index in [-0.39, 0.29) is 5.41 Å².